The largest absolute Gasteiger partial charge is 0.307 e. The van der Waals surface area contributed by atoms with Crippen molar-refractivity contribution >= 4 is 5.71 Å². The predicted molar refractivity (Wildman–Crippen MR) is 28.6 cm³/mol. The monoisotopic (exact) mass is 103 g/mol. The Hall–Kier alpha value is -0.400. The van der Waals surface area contributed by atoms with Crippen molar-refractivity contribution in [1.82, 2.24) is 0 Å². The van der Waals surface area contributed by atoms with Gasteiger partial charge in [-0.05, 0) is 13.3 Å². The molecule has 0 spiro atoms. The lowest BCUT2D eigenvalue weighted by molar-refractivity contribution is 0.411. The molecule has 1 atom stereocenters. The quantitative estimate of drug-likeness (QED) is 0.515. The van der Waals surface area contributed by atoms with Crippen LogP contribution in [-0.2, 0) is 0 Å². The van der Waals surface area contributed by atoms with Crippen LogP contribution in [-0.4, -0.2) is 11.9 Å². The van der Waals surface area contributed by atoms with E-state index in [-0.39, 0.29) is 5.71 Å². The van der Waals surface area contributed by atoms with Gasteiger partial charge in [-0.2, -0.15) is 0 Å². The molecule has 0 heterocycles. The summed E-state index contributed by atoms with van der Waals surface area (Å²) in [5.74, 6) is 0. The summed E-state index contributed by atoms with van der Waals surface area (Å²) in [6.45, 7) is 3.21. The third-order valence-corrected chi connectivity index (χ3v) is 0.828. The predicted octanol–water partition coefficient (Wildman–Crippen LogP) is 1.77. The minimum atomic E-state index is -1.01. The Bertz CT molecular complexity index is 70.5. The lowest BCUT2D eigenvalue weighted by Gasteiger charge is -1.97. The zero-order valence-corrected chi connectivity index (χ0v) is 4.66. The number of nitrogens with one attached hydrogen (secondary N) is 1. The van der Waals surface area contributed by atoms with Gasteiger partial charge in [0.15, 0.2) is 0 Å². The van der Waals surface area contributed by atoms with Crippen LogP contribution in [0.5, 0.6) is 0 Å². The zero-order valence-electron chi connectivity index (χ0n) is 4.66. The molecule has 0 aliphatic heterocycles. The highest BCUT2D eigenvalue weighted by Gasteiger charge is 2.02. The zero-order chi connectivity index (χ0) is 5.86. The third-order valence-electron chi connectivity index (χ3n) is 0.828. The Morgan fingerprint density at radius 2 is 2.29 bits per heavy atom. The standard InChI is InChI=1S/C5H10FN/c1-3-5(6)4(2)7/h5,7H,3H2,1-2H3. The van der Waals surface area contributed by atoms with Gasteiger partial charge in [0.05, 0.1) is 0 Å². The topological polar surface area (TPSA) is 23.9 Å². The Labute approximate surface area is 43.0 Å². The van der Waals surface area contributed by atoms with Gasteiger partial charge in [-0.3, -0.25) is 0 Å². The molecule has 7 heavy (non-hydrogen) atoms. The van der Waals surface area contributed by atoms with Crippen molar-refractivity contribution in [2.45, 2.75) is 26.4 Å². The van der Waals surface area contributed by atoms with Gasteiger partial charge >= 0.3 is 0 Å². The molecule has 0 radical (unpaired) electrons. The highest BCUT2D eigenvalue weighted by Crippen LogP contribution is 1.96. The van der Waals surface area contributed by atoms with Crippen molar-refractivity contribution in [2.75, 3.05) is 0 Å². The van der Waals surface area contributed by atoms with Gasteiger partial charge in [0.25, 0.3) is 0 Å². The molecule has 0 aromatic rings. The van der Waals surface area contributed by atoms with Crippen molar-refractivity contribution in [2.24, 2.45) is 0 Å². The molecular formula is C5H10FN. The maximum absolute atomic E-state index is 12.0. The van der Waals surface area contributed by atoms with Gasteiger partial charge in [-0.25, -0.2) is 4.39 Å². The molecule has 0 fully saturated rings. The second-order valence-corrected chi connectivity index (χ2v) is 1.56. The normalized spacial score (nSPS) is 13.6. The van der Waals surface area contributed by atoms with Crippen LogP contribution in [0.15, 0.2) is 0 Å². The Morgan fingerprint density at radius 1 is 1.86 bits per heavy atom. The lowest BCUT2D eigenvalue weighted by atomic mass is 10.2. The fraction of sp³-hybridized carbons (Fsp3) is 0.800. The molecule has 1 unspecified atom stereocenters. The molecule has 0 bridgehead atoms. The number of halogens is 1. The molecular weight excluding hydrogens is 93.1 g/mol. The van der Waals surface area contributed by atoms with Gasteiger partial charge in [0.2, 0.25) is 0 Å². The third kappa shape index (κ3) is 2.31. The maximum atomic E-state index is 12.0. The number of hydrogen-bond acceptors (Lipinski definition) is 1. The summed E-state index contributed by atoms with van der Waals surface area (Å²) < 4.78 is 12.0. The van der Waals surface area contributed by atoms with Crippen LogP contribution < -0.4 is 0 Å². The summed E-state index contributed by atoms with van der Waals surface area (Å²) in [5.41, 5.74) is 0.127. The van der Waals surface area contributed by atoms with Crippen LogP contribution in [0, 0.1) is 5.41 Å². The van der Waals surface area contributed by atoms with E-state index in [0.29, 0.717) is 6.42 Å². The van der Waals surface area contributed by atoms with E-state index in [1.807, 2.05) is 0 Å². The highest BCUT2D eigenvalue weighted by molar-refractivity contribution is 5.82. The van der Waals surface area contributed by atoms with Crippen molar-refractivity contribution in [3.05, 3.63) is 0 Å². The van der Waals surface area contributed by atoms with Crippen molar-refractivity contribution in [3.8, 4) is 0 Å². The molecule has 0 saturated carbocycles. The van der Waals surface area contributed by atoms with Crippen LogP contribution in [0.3, 0.4) is 0 Å². The summed E-state index contributed by atoms with van der Waals surface area (Å²) in [4.78, 5) is 0. The van der Waals surface area contributed by atoms with Crippen LogP contribution in [0.4, 0.5) is 4.39 Å². The van der Waals surface area contributed by atoms with E-state index in [0.717, 1.165) is 0 Å². The van der Waals surface area contributed by atoms with Gasteiger partial charge in [0.1, 0.15) is 6.17 Å². The molecule has 0 amide bonds. The number of rotatable bonds is 2. The van der Waals surface area contributed by atoms with E-state index >= 15 is 0 Å². The minimum Gasteiger partial charge on any atom is -0.307 e. The minimum absolute atomic E-state index is 0.127. The van der Waals surface area contributed by atoms with Crippen LogP contribution in [0.2, 0.25) is 0 Å². The molecule has 0 aliphatic carbocycles. The van der Waals surface area contributed by atoms with E-state index < -0.39 is 6.17 Å². The van der Waals surface area contributed by atoms with Crippen molar-refractivity contribution < 1.29 is 4.39 Å². The Morgan fingerprint density at radius 3 is 2.29 bits per heavy atom. The van der Waals surface area contributed by atoms with Crippen molar-refractivity contribution in [3.63, 3.8) is 0 Å². The molecule has 0 saturated heterocycles. The van der Waals surface area contributed by atoms with E-state index in [1.54, 1.807) is 6.92 Å². The molecule has 2 heteroatoms. The molecule has 0 rings (SSSR count). The number of hydrogen-bond donors (Lipinski definition) is 1. The summed E-state index contributed by atoms with van der Waals surface area (Å²) in [6, 6.07) is 0. The highest BCUT2D eigenvalue weighted by atomic mass is 19.1. The van der Waals surface area contributed by atoms with Crippen LogP contribution in [0.1, 0.15) is 20.3 Å². The summed E-state index contributed by atoms with van der Waals surface area (Å²) >= 11 is 0. The molecule has 0 aromatic carbocycles. The molecule has 1 nitrogen and oxygen atoms in total. The SMILES string of the molecule is CCC(F)C(C)=N. The van der Waals surface area contributed by atoms with Gasteiger partial charge < -0.3 is 5.41 Å². The van der Waals surface area contributed by atoms with Gasteiger partial charge in [-0.15, -0.1) is 0 Å². The van der Waals surface area contributed by atoms with Gasteiger partial charge in [-0.1, -0.05) is 6.92 Å². The van der Waals surface area contributed by atoms with E-state index in [9.17, 15) is 4.39 Å². The fourth-order valence-corrected chi connectivity index (χ4v) is 0.306. The van der Waals surface area contributed by atoms with Crippen LogP contribution >= 0.6 is 0 Å². The summed E-state index contributed by atoms with van der Waals surface area (Å²) in [7, 11) is 0. The molecule has 0 aromatic heterocycles. The van der Waals surface area contributed by atoms with E-state index in [2.05, 4.69) is 0 Å². The molecule has 42 valence electrons. The first kappa shape index (κ1) is 6.60. The maximum Gasteiger partial charge on any atom is 0.137 e. The first-order valence-electron chi connectivity index (χ1n) is 2.37. The summed E-state index contributed by atoms with van der Waals surface area (Å²) in [6.07, 6.45) is -0.588. The molecule has 0 aliphatic rings. The first-order valence-corrected chi connectivity index (χ1v) is 2.37. The van der Waals surface area contributed by atoms with Gasteiger partial charge in [0, 0.05) is 5.71 Å². The van der Waals surface area contributed by atoms with E-state index in [1.165, 1.54) is 6.92 Å². The fourth-order valence-electron chi connectivity index (χ4n) is 0.306. The first-order chi connectivity index (χ1) is 3.18. The average Bonchev–Trinajstić information content (AvgIpc) is 1.65. The molecule has 1 N–H and O–H groups in total. The second kappa shape index (κ2) is 2.72. The Balaban J connectivity index is 3.34. The lowest BCUT2D eigenvalue weighted by Crippen LogP contribution is -2.07. The Kier molecular flexibility index (Phi) is 2.56. The van der Waals surface area contributed by atoms with Crippen LogP contribution in [0.25, 0.3) is 0 Å². The van der Waals surface area contributed by atoms with E-state index in [4.69, 9.17) is 5.41 Å². The number of alkyl halides is 1. The average molecular weight is 103 g/mol. The van der Waals surface area contributed by atoms with Crippen molar-refractivity contribution in [1.29, 1.82) is 5.41 Å². The second-order valence-electron chi connectivity index (χ2n) is 1.56. The smallest absolute Gasteiger partial charge is 0.137 e. The summed E-state index contributed by atoms with van der Waals surface area (Å²) in [5, 5.41) is 6.73.